The Balaban J connectivity index is 1.79. The van der Waals surface area contributed by atoms with E-state index in [2.05, 4.69) is 11.0 Å². The van der Waals surface area contributed by atoms with Crippen LogP contribution < -0.4 is 4.90 Å². The van der Waals surface area contributed by atoms with Crippen LogP contribution >= 0.6 is 11.3 Å². The third-order valence-corrected chi connectivity index (χ3v) is 5.74. The Morgan fingerprint density at radius 2 is 2.14 bits per heavy atom. The molecule has 7 nitrogen and oxygen atoms in total. The maximum atomic E-state index is 10.8. The molecule has 1 aromatic carbocycles. The van der Waals surface area contributed by atoms with Gasteiger partial charge < -0.3 is 24.3 Å². The second kappa shape index (κ2) is 8.26. The van der Waals surface area contributed by atoms with Crippen molar-refractivity contribution in [2.75, 3.05) is 38.3 Å². The van der Waals surface area contributed by atoms with E-state index in [-0.39, 0.29) is 5.75 Å². The van der Waals surface area contributed by atoms with Crippen molar-refractivity contribution >= 4 is 41.0 Å². The Labute approximate surface area is 167 Å². The van der Waals surface area contributed by atoms with Gasteiger partial charge in [-0.2, -0.15) is 0 Å². The number of rotatable bonds is 6. The van der Waals surface area contributed by atoms with E-state index >= 15 is 0 Å². The highest BCUT2D eigenvalue weighted by molar-refractivity contribution is 7.19. The minimum atomic E-state index is 0.190. The van der Waals surface area contributed by atoms with E-state index in [0.29, 0.717) is 33.0 Å². The molecule has 1 N–H and O–H groups in total. The zero-order valence-electron chi connectivity index (χ0n) is 15.7. The zero-order valence-corrected chi connectivity index (χ0v) is 16.5. The van der Waals surface area contributed by atoms with Gasteiger partial charge >= 0.3 is 0 Å². The maximum Gasteiger partial charge on any atom is 0.281 e. The van der Waals surface area contributed by atoms with E-state index in [4.69, 9.17) is 14.7 Å². The maximum absolute atomic E-state index is 10.8. The lowest BCUT2D eigenvalue weighted by Gasteiger charge is -2.28. The molecule has 3 aromatic rings. The predicted molar refractivity (Wildman–Crippen MR) is 113 cm³/mol. The summed E-state index contributed by atoms with van der Waals surface area (Å²) in [6, 6.07) is 9.07. The molecule has 3 heterocycles. The number of anilines is 1. The van der Waals surface area contributed by atoms with Crippen molar-refractivity contribution in [3.8, 4) is 17.1 Å². The lowest BCUT2D eigenvalue weighted by atomic mass is 9.96. The van der Waals surface area contributed by atoms with E-state index in [0.717, 1.165) is 45.8 Å². The minimum absolute atomic E-state index is 0.190. The smallest absolute Gasteiger partial charge is 0.281 e. The first-order chi connectivity index (χ1) is 13.6. The van der Waals surface area contributed by atoms with Crippen LogP contribution in [0.15, 0.2) is 30.3 Å². The summed E-state index contributed by atoms with van der Waals surface area (Å²) < 4.78 is 6.54. The quantitative estimate of drug-likeness (QED) is 0.504. The summed E-state index contributed by atoms with van der Waals surface area (Å²) >= 11 is 1.66. The van der Waals surface area contributed by atoms with Crippen LogP contribution in [0.25, 0.3) is 21.6 Å². The monoisotopic (exact) mass is 396 g/mol. The summed E-state index contributed by atoms with van der Waals surface area (Å²) in [5.74, 6) is 1.69. The predicted octanol–water partition coefficient (Wildman–Crippen LogP) is 1.87. The van der Waals surface area contributed by atoms with Crippen LogP contribution in [0.2, 0.25) is 0 Å². The van der Waals surface area contributed by atoms with Crippen LogP contribution in [0, 0.1) is 0 Å². The number of hydrogen-bond donors (Lipinski definition) is 1. The highest BCUT2D eigenvalue weighted by Crippen LogP contribution is 2.35. The highest BCUT2D eigenvalue weighted by Gasteiger charge is 2.20. The second-order valence-corrected chi connectivity index (χ2v) is 7.95. The number of hydrogen-bond acceptors (Lipinski definition) is 8. The number of morpholine rings is 1. The summed E-state index contributed by atoms with van der Waals surface area (Å²) in [4.78, 5) is 25.7. The Hall–Kier alpha value is -2.49. The largest absolute Gasteiger partial charge is 0.508 e. The normalized spacial score (nSPS) is 14.6. The minimum Gasteiger partial charge on any atom is -0.508 e. The van der Waals surface area contributed by atoms with Gasteiger partial charge in [-0.05, 0) is 25.2 Å². The molecule has 0 spiro atoms. The molecule has 0 saturated carbocycles. The third kappa shape index (κ3) is 4.01. The number of aromatic hydroxyl groups is 1. The van der Waals surface area contributed by atoms with Gasteiger partial charge in [-0.25, -0.2) is 9.97 Å². The summed E-state index contributed by atoms with van der Waals surface area (Å²) in [5, 5.41) is 9.84. The fourth-order valence-electron chi connectivity index (χ4n) is 3.26. The Bertz CT molecular complexity index is 990. The van der Waals surface area contributed by atoms with Crippen LogP contribution in [0.5, 0.6) is 5.75 Å². The molecule has 9 heteroatoms. The Morgan fingerprint density at radius 1 is 1.32 bits per heavy atom. The zero-order chi connectivity index (χ0) is 19.5. The van der Waals surface area contributed by atoms with Gasteiger partial charge in [0, 0.05) is 30.1 Å². The molecule has 1 aliphatic heterocycles. The van der Waals surface area contributed by atoms with Crippen LogP contribution in [0.3, 0.4) is 0 Å². The molecule has 0 radical (unpaired) electrons. The van der Waals surface area contributed by atoms with Gasteiger partial charge in [-0.1, -0.05) is 12.1 Å². The molecule has 1 fully saturated rings. The van der Waals surface area contributed by atoms with Crippen molar-refractivity contribution in [3.63, 3.8) is 0 Å². The van der Waals surface area contributed by atoms with Crippen molar-refractivity contribution in [1.29, 1.82) is 0 Å². The standard InChI is InChI=1S/C19H21BN4O3S/c1-23(20-12-25)11-15-10-16-17(28-15)19(24-5-7-27-8-6-24)22-18(21-16)13-3-2-4-14(26)9-13/h2-4,9-10,12,20,26H,5-8,11H2,1H3. The van der Waals surface area contributed by atoms with Gasteiger partial charge in [0.05, 0.1) is 29.6 Å². The highest BCUT2D eigenvalue weighted by atomic mass is 32.1. The Kier molecular flexibility index (Phi) is 5.56. The molecule has 2 aromatic heterocycles. The molecule has 1 saturated heterocycles. The summed E-state index contributed by atoms with van der Waals surface area (Å²) in [6.07, 6.45) is 0.909. The lowest BCUT2D eigenvalue weighted by Crippen LogP contribution is -2.36. The van der Waals surface area contributed by atoms with E-state index < -0.39 is 0 Å². The topological polar surface area (TPSA) is 78.8 Å². The fraction of sp³-hybridized carbons (Fsp3) is 0.316. The van der Waals surface area contributed by atoms with Gasteiger partial charge in [-0.15, -0.1) is 11.3 Å². The molecule has 0 atom stereocenters. The average molecular weight is 396 g/mol. The number of fused-ring (bicyclic) bond motifs is 1. The van der Waals surface area contributed by atoms with Gasteiger partial charge in [0.25, 0.3) is 7.41 Å². The number of thiophene rings is 1. The summed E-state index contributed by atoms with van der Waals surface area (Å²) in [6.45, 7) is 3.60. The van der Waals surface area contributed by atoms with E-state index in [1.807, 2.05) is 17.9 Å². The first kappa shape index (κ1) is 18.9. The van der Waals surface area contributed by atoms with Crippen molar-refractivity contribution in [1.82, 2.24) is 14.8 Å². The van der Waals surface area contributed by atoms with E-state index in [1.165, 1.54) is 0 Å². The van der Waals surface area contributed by atoms with Gasteiger partial charge in [0.15, 0.2) is 11.6 Å². The molecule has 0 amide bonds. The van der Waals surface area contributed by atoms with Crippen molar-refractivity contribution in [2.45, 2.75) is 6.54 Å². The molecular formula is C19H21BN4O3S. The first-order valence-electron chi connectivity index (χ1n) is 9.19. The van der Waals surface area contributed by atoms with Crippen molar-refractivity contribution < 1.29 is 14.6 Å². The molecule has 144 valence electrons. The number of carbonyl (C=O) groups is 1. The van der Waals surface area contributed by atoms with E-state index in [1.54, 1.807) is 29.5 Å². The van der Waals surface area contributed by atoms with Gasteiger partial charge in [-0.3, -0.25) is 0 Å². The van der Waals surface area contributed by atoms with E-state index in [9.17, 15) is 9.90 Å². The molecule has 1 aliphatic rings. The molecule has 0 aliphatic carbocycles. The van der Waals surface area contributed by atoms with Crippen LogP contribution in [0.1, 0.15) is 4.88 Å². The van der Waals surface area contributed by atoms with Crippen LogP contribution in [-0.2, 0) is 16.1 Å². The first-order valence-corrected chi connectivity index (χ1v) is 10.0. The number of benzene rings is 1. The molecule has 0 unspecified atom stereocenters. The average Bonchev–Trinajstić information content (AvgIpc) is 3.10. The van der Waals surface area contributed by atoms with Gasteiger partial charge in [0.1, 0.15) is 5.75 Å². The number of phenolic OH excluding ortho intramolecular Hbond substituents is 1. The SMILES string of the molecule is CN(BC=O)Cc1cc2nc(-c3cccc(O)c3)nc(N3CCOCC3)c2s1. The number of ether oxygens (including phenoxy) is 1. The van der Waals surface area contributed by atoms with Crippen molar-refractivity contribution in [3.05, 3.63) is 35.2 Å². The molecule has 28 heavy (non-hydrogen) atoms. The lowest BCUT2D eigenvalue weighted by molar-refractivity contribution is 0.122. The third-order valence-electron chi connectivity index (χ3n) is 4.63. The number of aromatic nitrogens is 2. The van der Waals surface area contributed by atoms with Crippen LogP contribution in [0.4, 0.5) is 5.82 Å². The van der Waals surface area contributed by atoms with Crippen LogP contribution in [-0.4, -0.2) is 66.8 Å². The summed E-state index contributed by atoms with van der Waals surface area (Å²) in [5.41, 5.74) is 1.66. The molecular weight excluding hydrogens is 375 g/mol. The second-order valence-electron chi connectivity index (χ2n) is 6.81. The summed E-state index contributed by atoms with van der Waals surface area (Å²) in [7, 11) is 2.32. The van der Waals surface area contributed by atoms with Crippen molar-refractivity contribution in [2.24, 2.45) is 0 Å². The number of nitrogens with zero attached hydrogens (tertiary/aromatic N) is 4. The number of phenols is 1. The molecule has 4 rings (SSSR count). The Morgan fingerprint density at radius 3 is 2.89 bits per heavy atom. The molecule has 0 bridgehead atoms. The van der Waals surface area contributed by atoms with Gasteiger partial charge in [0.2, 0.25) is 0 Å². The number of carbonyl (C=O) groups excluding carboxylic acids is 1. The fourth-order valence-corrected chi connectivity index (χ4v) is 4.46.